The monoisotopic (exact) mass is 328 g/mol. The van der Waals surface area contributed by atoms with Crippen LogP contribution in [0.15, 0.2) is 31.0 Å². The van der Waals surface area contributed by atoms with Crippen molar-refractivity contribution in [1.29, 1.82) is 0 Å². The average molecular weight is 328 g/mol. The summed E-state index contributed by atoms with van der Waals surface area (Å²) < 4.78 is 2.18. The molecule has 1 aliphatic rings. The average Bonchev–Trinajstić information content (AvgIpc) is 2.88. The number of imidazole rings is 1. The number of carbonyl (C=O) groups is 1. The van der Waals surface area contributed by atoms with Gasteiger partial charge in [0, 0.05) is 51.0 Å². The molecule has 1 amide bonds. The summed E-state index contributed by atoms with van der Waals surface area (Å²) in [5.41, 5.74) is 0.432. The van der Waals surface area contributed by atoms with Crippen LogP contribution in [0.1, 0.15) is 29.2 Å². The van der Waals surface area contributed by atoms with E-state index >= 15 is 0 Å². The molecule has 7 nitrogen and oxygen atoms in total. The van der Waals surface area contributed by atoms with Crippen molar-refractivity contribution in [2.24, 2.45) is 0 Å². The van der Waals surface area contributed by atoms with Gasteiger partial charge in [0.25, 0.3) is 5.91 Å². The molecule has 2 aromatic heterocycles. The highest BCUT2D eigenvalue weighted by molar-refractivity contribution is 5.91. The number of rotatable bonds is 5. The van der Waals surface area contributed by atoms with Gasteiger partial charge in [0.1, 0.15) is 11.5 Å². The molecule has 0 bridgehead atoms. The van der Waals surface area contributed by atoms with Crippen LogP contribution in [0.25, 0.3) is 0 Å². The number of amides is 1. The van der Waals surface area contributed by atoms with Crippen LogP contribution in [0.2, 0.25) is 0 Å². The first-order valence-corrected chi connectivity index (χ1v) is 8.49. The summed E-state index contributed by atoms with van der Waals surface area (Å²) in [5, 5.41) is 0. The van der Waals surface area contributed by atoms with Gasteiger partial charge in [0.05, 0.1) is 6.20 Å². The van der Waals surface area contributed by atoms with Crippen molar-refractivity contribution in [3.63, 3.8) is 0 Å². The smallest absolute Gasteiger partial charge is 0.274 e. The van der Waals surface area contributed by atoms with E-state index in [-0.39, 0.29) is 5.91 Å². The van der Waals surface area contributed by atoms with Crippen molar-refractivity contribution >= 4 is 5.91 Å². The van der Waals surface area contributed by atoms with Gasteiger partial charge in [-0.05, 0) is 32.9 Å². The maximum atomic E-state index is 12.5. The number of aryl methyl sites for hydroxylation is 2. The molecule has 1 aliphatic heterocycles. The molecular weight excluding hydrogens is 304 g/mol. The molecule has 0 aliphatic carbocycles. The normalized spacial score (nSPS) is 16.1. The van der Waals surface area contributed by atoms with E-state index in [0.717, 1.165) is 57.9 Å². The summed E-state index contributed by atoms with van der Waals surface area (Å²) in [4.78, 5) is 29.1. The number of hydrogen-bond acceptors (Lipinski definition) is 5. The third kappa shape index (κ3) is 4.17. The van der Waals surface area contributed by atoms with Crippen LogP contribution in [-0.4, -0.2) is 67.9 Å². The Labute approximate surface area is 142 Å². The second-order valence-electron chi connectivity index (χ2n) is 6.10. The van der Waals surface area contributed by atoms with Crippen LogP contribution in [0.5, 0.6) is 0 Å². The zero-order valence-corrected chi connectivity index (χ0v) is 14.1. The number of nitrogens with zero attached hydrogens (tertiary/aromatic N) is 6. The Morgan fingerprint density at radius 1 is 1.08 bits per heavy atom. The molecule has 3 rings (SSSR count). The van der Waals surface area contributed by atoms with E-state index in [1.54, 1.807) is 18.6 Å². The van der Waals surface area contributed by atoms with Crippen LogP contribution in [0.3, 0.4) is 0 Å². The third-order valence-corrected chi connectivity index (χ3v) is 4.46. The standard InChI is InChI=1S/C17H24N6O/c1-15-19-6-11-22(15)9-2-7-21-8-3-10-23(13-12-21)17(24)16-14-18-4-5-20-16/h4-6,11,14H,2-3,7-10,12-13H2,1H3. The van der Waals surface area contributed by atoms with Crippen molar-refractivity contribution in [3.05, 3.63) is 42.5 Å². The summed E-state index contributed by atoms with van der Waals surface area (Å²) in [6.07, 6.45) is 10.7. The van der Waals surface area contributed by atoms with E-state index in [1.807, 2.05) is 24.2 Å². The molecule has 0 atom stereocenters. The minimum absolute atomic E-state index is 0.0148. The van der Waals surface area contributed by atoms with Crippen LogP contribution in [0, 0.1) is 6.92 Å². The Morgan fingerprint density at radius 2 is 2.00 bits per heavy atom. The summed E-state index contributed by atoms with van der Waals surface area (Å²) in [5.74, 6) is 1.05. The van der Waals surface area contributed by atoms with Gasteiger partial charge < -0.3 is 14.4 Å². The number of hydrogen-bond donors (Lipinski definition) is 0. The van der Waals surface area contributed by atoms with Gasteiger partial charge in [-0.1, -0.05) is 0 Å². The van der Waals surface area contributed by atoms with Crippen molar-refractivity contribution < 1.29 is 4.79 Å². The summed E-state index contributed by atoms with van der Waals surface area (Å²) in [6.45, 7) is 7.55. The van der Waals surface area contributed by atoms with E-state index in [9.17, 15) is 4.79 Å². The summed E-state index contributed by atoms with van der Waals surface area (Å²) >= 11 is 0. The van der Waals surface area contributed by atoms with E-state index < -0.39 is 0 Å². The largest absolute Gasteiger partial charge is 0.336 e. The van der Waals surface area contributed by atoms with Gasteiger partial charge in [-0.2, -0.15) is 0 Å². The van der Waals surface area contributed by atoms with Gasteiger partial charge in [0.15, 0.2) is 0 Å². The second kappa shape index (κ2) is 8.01. The van der Waals surface area contributed by atoms with Gasteiger partial charge in [-0.25, -0.2) is 9.97 Å². The number of carbonyl (C=O) groups excluding carboxylic acids is 1. The van der Waals surface area contributed by atoms with Gasteiger partial charge in [-0.3, -0.25) is 9.78 Å². The Hall–Kier alpha value is -2.28. The molecule has 24 heavy (non-hydrogen) atoms. The van der Waals surface area contributed by atoms with E-state index in [0.29, 0.717) is 5.69 Å². The Morgan fingerprint density at radius 3 is 2.75 bits per heavy atom. The summed E-state index contributed by atoms with van der Waals surface area (Å²) in [7, 11) is 0. The molecule has 7 heteroatoms. The van der Waals surface area contributed by atoms with Crippen molar-refractivity contribution in [2.75, 3.05) is 32.7 Å². The van der Waals surface area contributed by atoms with Crippen molar-refractivity contribution in [3.8, 4) is 0 Å². The van der Waals surface area contributed by atoms with Gasteiger partial charge >= 0.3 is 0 Å². The predicted octanol–water partition coefficient (Wildman–Crippen LogP) is 1.22. The van der Waals surface area contributed by atoms with Crippen molar-refractivity contribution in [1.82, 2.24) is 29.3 Å². The predicted molar refractivity (Wildman–Crippen MR) is 90.6 cm³/mol. The molecule has 0 N–H and O–H groups in total. The molecule has 1 fully saturated rings. The lowest BCUT2D eigenvalue weighted by atomic mass is 10.3. The molecule has 2 aromatic rings. The van der Waals surface area contributed by atoms with E-state index in [4.69, 9.17) is 0 Å². The molecule has 1 saturated heterocycles. The minimum atomic E-state index is -0.0148. The highest BCUT2D eigenvalue weighted by atomic mass is 16.2. The molecule has 3 heterocycles. The fraction of sp³-hybridized carbons (Fsp3) is 0.529. The molecule has 128 valence electrons. The number of aromatic nitrogens is 4. The second-order valence-corrected chi connectivity index (χ2v) is 6.10. The first kappa shape index (κ1) is 16.6. The zero-order chi connectivity index (χ0) is 16.8. The Balaban J connectivity index is 1.46. The minimum Gasteiger partial charge on any atom is -0.336 e. The molecular formula is C17H24N6O. The lowest BCUT2D eigenvalue weighted by molar-refractivity contribution is 0.0755. The zero-order valence-electron chi connectivity index (χ0n) is 14.1. The Kier molecular flexibility index (Phi) is 5.53. The Bertz CT molecular complexity index is 656. The highest BCUT2D eigenvalue weighted by Gasteiger charge is 2.21. The maximum absolute atomic E-state index is 12.5. The molecule has 0 spiro atoms. The van der Waals surface area contributed by atoms with Crippen LogP contribution in [-0.2, 0) is 6.54 Å². The fourth-order valence-electron chi connectivity index (χ4n) is 3.07. The third-order valence-electron chi connectivity index (χ3n) is 4.46. The highest BCUT2D eigenvalue weighted by Crippen LogP contribution is 2.08. The van der Waals surface area contributed by atoms with E-state index in [2.05, 4.69) is 24.4 Å². The van der Waals surface area contributed by atoms with Crippen LogP contribution in [0.4, 0.5) is 0 Å². The molecule has 0 aromatic carbocycles. The van der Waals surface area contributed by atoms with E-state index in [1.165, 1.54) is 0 Å². The van der Waals surface area contributed by atoms with Crippen molar-refractivity contribution in [2.45, 2.75) is 26.3 Å². The lowest BCUT2D eigenvalue weighted by Gasteiger charge is -2.21. The fourth-order valence-corrected chi connectivity index (χ4v) is 3.07. The molecule has 0 saturated carbocycles. The maximum Gasteiger partial charge on any atom is 0.274 e. The topological polar surface area (TPSA) is 67.2 Å². The first-order valence-electron chi connectivity index (χ1n) is 8.49. The lowest BCUT2D eigenvalue weighted by Crippen LogP contribution is -2.36. The first-order chi connectivity index (χ1) is 11.7. The van der Waals surface area contributed by atoms with Gasteiger partial charge in [-0.15, -0.1) is 0 Å². The van der Waals surface area contributed by atoms with Gasteiger partial charge in [0.2, 0.25) is 0 Å². The molecule has 0 unspecified atom stereocenters. The van der Waals surface area contributed by atoms with Crippen LogP contribution >= 0.6 is 0 Å². The molecule has 0 radical (unpaired) electrons. The quantitative estimate of drug-likeness (QED) is 0.825. The SMILES string of the molecule is Cc1nccn1CCCN1CCCN(C(=O)c2cnccn2)CC1. The summed E-state index contributed by atoms with van der Waals surface area (Å²) in [6, 6.07) is 0. The van der Waals surface area contributed by atoms with Crippen LogP contribution < -0.4 is 0 Å².